The van der Waals surface area contributed by atoms with Gasteiger partial charge in [0.25, 0.3) is 21.8 Å². The summed E-state index contributed by atoms with van der Waals surface area (Å²) in [5.41, 5.74) is 4.26. The number of nitrogens with one attached hydrogen (secondary N) is 1. The molecule has 0 spiro atoms. The van der Waals surface area contributed by atoms with E-state index < -0.39 is 21.8 Å². The first kappa shape index (κ1) is 22.0. The molecule has 6 nitrogen and oxygen atoms in total. The van der Waals surface area contributed by atoms with E-state index in [1.54, 1.807) is 24.3 Å². The Hall–Kier alpha value is -2.67. The third kappa shape index (κ3) is 3.51. The molecule has 7 heteroatoms. The van der Waals surface area contributed by atoms with Crippen molar-refractivity contribution in [1.29, 1.82) is 0 Å². The minimum atomic E-state index is -3.91. The van der Waals surface area contributed by atoms with Gasteiger partial charge in [0, 0.05) is 7.05 Å². The molecule has 3 rings (SSSR count). The SMILES string of the molecule is CCCCc1c(CC)c(C)c2c(c1N(C)S(=O)(=O)c1ccc(C)cc1)C(=O)NC2=O. The van der Waals surface area contributed by atoms with Crippen LogP contribution in [0.4, 0.5) is 5.69 Å². The second-order valence-electron chi connectivity index (χ2n) is 7.71. The van der Waals surface area contributed by atoms with E-state index in [9.17, 15) is 18.0 Å². The van der Waals surface area contributed by atoms with E-state index in [1.165, 1.54) is 11.4 Å². The summed E-state index contributed by atoms with van der Waals surface area (Å²) in [6.07, 6.45) is 3.06. The summed E-state index contributed by atoms with van der Waals surface area (Å²) in [5, 5.41) is 2.35. The smallest absolute Gasteiger partial charge is 0.264 e. The van der Waals surface area contributed by atoms with Gasteiger partial charge in [-0.3, -0.25) is 19.2 Å². The molecule has 2 aromatic rings. The first-order valence-electron chi connectivity index (χ1n) is 10.2. The fraction of sp³-hybridized carbons (Fsp3) is 0.391. The Morgan fingerprint density at radius 1 is 0.933 bits per heavy atom. The lowest BCUT2D eigenvalue weighted by Crippen LogP contribution is -2.30. The first-order chi connectivity index (χ1) is 14.1. The van der Waals surface area contributed by atoms with Crippen LogP contribution in [0.3, 0.4) is 0 Å². The zero-order chi connectivity index (χ0) is 22.2. The van der Waals surface area contributed by atoms with Gasteiger partial charge in [0.05, 0.1) is 21.7 Å². The Bertz CT molecular complexity index is 1120. The number of amides is 2. The van der Waals surface area contributed by atoms with Crippen LogP contribution in [0.25, 0.3) is 0 Å². The van der Waals surface area contributed by atoms with Gasteiger partial charge in [0.1, 0.15) is 0 Å². The number of benzene rings is 2. The van der Waals surface area contributed by atoms with E-state index in [0.717, 1.165) is 35.1 Å². The van der Waals surface area contributed by atoms with Crippen molar-refractivity contribution in [2.75, 3.05) is 11.4 Å². The minimum Gasteiger partial charge on any atom is -0.288 e. The summed E-state index contributed by atoms with van der Waals surface area (Å²) in [4.78, 5) is 25.4. The Labute approximate surface area is 178 Å². The highest BCUT2D eigenvalue weighted by Crippen LogP contribution is 2.40. The number of aryl methyl sites for hydroxylation is 1. The highest BCUT2D eigenvalue weighted by atomic mass is 32.2. The van der Waals surface area contributed by atoms with Gasteiger partial charge in [0.15, 0.2) is 0 Å². The molecule has 0 bridgehead atoms. The topological polar surface area (TPSA) is 83.6 Å². The van der Waals surface area contributed by atoms with Gasteiger partial charge < -0.3 is 0 Å². The lowest BCUT2D eigenvalue weighted by molar-refractivity contribution is 0.0879. The third-order valence-electron chi connectivity index (χ3n) is 5.77. The average Bonchev–Trinajstić information content (AvgIpc) is 3.00. The predicted octanol–water partition coefficient (Wildman–Crippen LogP) is 3.92. The van der Waals surface area contributed by atoms with E-state index in [0.29, 0.717) is 18.5 Å². The predicted molar refractivity (Wildman–Crippen MR) is 118 cm³/mol. The molecule has 0 aliphatic carbocycles. The van der Waals surface area contributed by atoms with Gasteiger partial charge in [-0.2, -0.15) is 0 Å². The van der Waals surface area contributed by atoms with Crippen LogP contribution in [0.2, 0.25) is 0 Å². The maximum atomic E-state index is 13.5. The number of rotatable bonds is 7. The van der Waals surface area contributed by atoms with Crippen molar-refractivity contribution >= 4 is 27.5 Å². The van der Waals surface area contributed by atoms with E-state index in [-0.39, 0.29) is 16.0 Å². The zero-order valence-electron chi connectivity index (χ0n) is 18.1. The standard InChI is InChI=1S/C23H28N2O4S/c1-6-8-9-18-17(7-2)15(4)19-20(23(27)24-22(19)26)21(18)25(5)30(28,29)16-12-10-14(3)11-13-16/h10-13H,6-9H2,1-5H3,(H,24,26,27). The third-order valence-corrected chi connectivity index (χ3v) is 7.55. The fourth-order valence-electron chi connectivity index (χ4n) is 4.15. The van der Waals surface area contributed by atoms with Crippen LogP contribution in [0, 0.1) is 13.8 Å². The maximum Gasteiger partial charge on any atom is 0.264 e. The lowest BCUT2D eigenvalue weighted by Gasteiger charge is -2.27. The van der Waals surface area contributed by atoms with Crippen molar-refractivity contribution in [2.24, 2.45) is 0 Å². The van der Waals surface area contributed by atoms with Gasteiger partial charge in [-0.1, -0.05) is 38.0 Å². The molecule has 30 heavy (non-hydrogen) atoms. The molecule has 0 aromatic heterocycles. The number of unbranched alkanes of at least 4 members (excludes halogenated alkanes) is 1. The number of hydrogen-bond acceptors (Lipinski definition) is 4. The number of hydrogen-bond donors (Lipinski definition) is 1. The normalized spacial score (nSPS) is 13.4. The minimum absolute atomic E-state index is 0.147. The molecule has 0 radical (unpaired) electrons. The van der Waals surface area contributed by atoms with Crippen LogP contribution in [-0.4, -0.2) is 27.3 Å². The number of anilines is 1. The van der Waals surface area contributed by atoms with Gasteiger partial charge in [-0.25, -0.2) is 8.42 Å². The quantitative estimate of drug-likeness (QED) is 0.678. The van der Waals surface area contributed by atoms with Crippen LogP contribution in [0.15, 0.2) is 29.2 Å². The second-order valence-corrected chi connectivity index (χ2v) is 9.68. The first-order valence-corrected chi connectivity index (χ1v) is 11.7. The van der Waals surface area contributed by atoms with Crippen molar-refractivity contribution in [2.45, 2.75) is 58.3 Å². The summed E-state index contributed by atoms with van der Waals surface area (Å²) >= 11 is 0. The number of carbonyl (C=O) groups is 2. The van der Waals surface area contributed by atoms with Crippen LogP contribution < -0.4 is 9.62 Å². The molecule has 1 aliphatic heterocycles. The molecular formula is C23H28N2O4S. The van der Waals surface area contributed by atoms with Crippen molar-refractivity contribution in [3.8, 4) is 0 Å². The highest BCUT2D eigenvalue weighted by molar-refractivity contribution is 7.92. The van der Waals surface area contributed by atoms with Crippen LogP contribution in [0.5, 0.6) is 0 Å². The van der Waals surface area contributed by atoms with Gasteiger partial charge in [-0.15, -0.1) is 0 Å². The number of fused-ring (bicyclic) bond motifs is 1. The molecule has 0 unspecified atom stereocenters. The Balaban J connectivity index is 2.33. The summed E-state index contributed by atoms with van der Waals surface area (Å²) < 4.78 is 28.1. The summed E-state index contributed by atoms with van der Waals surface area (Å²) in [6, 6.07) is 6.61. The monoisotopic (exact) mass is 428 g/mol. The number of nitrogens with zero attached hydrogens (tertiary/aromatic N) is 1. The van der Waals surface area contributed by atoms with Crippen molar-refractivity contribution in [3.63, 3.8) is 0 Å². The van der Waals surface area contributed by atoms with Crippen molar-refractivity contribution in [3.05, 3.63) is 57.6 Å². The molecule has 1 N–H and O–H groups in total. The van der Waals surface area contributed by atoms with E-state index in [2.05, 4.69) is 12.2 Å². The van der Waals surface area contributed by atoms with Crippen molar-refractivity contribution < 1.29 is 18.0 Å². The molecule has 2 amide bonds. The van der Waals surface area contributed by atoms with Gasteiger partial charge in [-0.05, 0) is 61.9 Å². The molecule has 0 saturated heterocycles. The summed E-state index contributed by atoms with van der Waals surface area (Å²) in [5.74, 6) is -1.01. The lowest BCUT2D eigenvalue weighted by atomic mass is 9.87. The molecule has 2 aromatic carbocycles. The highest BCUT2D eigenvalue weighted by Gasteiger charge is 2.38. The van der Waals surface area contributed by atoms with Gasteiger partial charge >= 0.3 is 0 Å². The zero-order valence-corrected chi connectivity index (χ0v) is 18.9. The molecular weight excluding hydrogens is 400 g/mol. The molecule has 160 valence electrons. The van der Waals surface area contributed by atoms with Gasteiger partial charge in [0.2, 0.25) is 0 Å². The van der Waals surface area contributed by atoms with Crippen LogP contribution in [0.1, 0.15) is 69.7 Å². The molecule has 0 fully saturated rings. The Morgan fingerprint density at radius 3 is 2.10 bits per heavy atom. The largest absolute Gasteiger partial charge is 0.288 e. The van der Waals surface area contributed by atoms with E-state index in [4.69, 9.17) is 0 Å². The van der Waals surface area contributed by atoms with Crippen molar-refractivity contribution in [1.82, 2.24) is 5.32 Å². The number of sulfonamides is 1. The molecule has 1 aliphatic rings. The number of imide groups is 1. The summed E-state index contributed by atoms with van der Waals surface area (Å²) in [7, 11) is -2.45. The molecule has 0 atom stereocenters. The molecule has 0 saturated carbocycles. The fourth-order valence-corrected chi connectivity index (χ4v) is 5.39. The van der Waals surface area contributed by atoms with E-state index >= 15 is 0 Å². The second kappa shape index (κ2) is 8.22. The molecule has 1 heterocycles. The number of carbonyl (C=O) groups excluding carboxylic acids is 2. The van der Waals surface area contributed by atoms with E-state index in [1.807, 2.05) is 20.8 Å². The van der Waals surface area contributed by atoms with Crippen LogP contribution >= 0.6 is 0 Å². The van der Waals surface area contributed by atoms with Crippen LogP contribution in [-0.2, 0) is 22.9 Å². The Morgan fingerprint density at radius 2 is 1.53 bits per heavy atom. The maximum absolute atomic E-state index is 13.5. The average molecular weight is 429 g/mol. The Kier molecular flexibility index (Phi) is 6.04. The summed E-state index contributed by atoms with van der Waals surface area (Å²) in [6.45, 7) is 7.77.